The number of benzene rings is 2. The Labute approximate surface area is 186 Å². The number of amides is 2. The van der Waals surface area contributed by atoms with Crippen molar-refractivity contribution in [2.45, 2.75) is 37.9 Å². The summed E-state index contributed by atoms with van der Waals surface area (Å²) in [7, 11) is -3.98. The first-order chi connectivity index (χ1) is 15.2. The molecule has 0 aliphatic carbocycles. The summed E-state index contributed by atoms with van der Waals surface area (Å²) in [5.41, 5.74) is 2.14. The highest BCUT2D eigenvalue weighted by atomic mass is 32.2. The predicted molar refractivity (Wildman–Crippen MR) is 115 cm³/mol. The van der Waals surface area contributed by atoms with Gasteiger partial charge in [-0.2, -0.15) is 4.31 Å². The fraction of sp³-hybridized carbons (Fsp3) is 0.364. The second-order valence-electron chi connectivity index (χ2n) is 7.58. The molecule has 2 N–H and O–H groups in total. The standard InChI is InChI=1S/C22H26FN3O5S/c1-15-4-6-17(7-5-15)13-24-21(27)22(28)25-14-20-26(10-3-11-31-20)32(29,30)18-8-9-19(23)16(2)12-18/h4-9,12,20H,3,10-11,13-14H2,1-2H3,(H,24,27)(H,25,28). The molecular weight excluding hydrogens is 437 g/mol. The Hall–Kier alpha value is -2.82. The number of hydrogen-bond acceptors (Lipinski definition) is 5. The minimum Gasteiger partial charge on any atom is -0.360 e. The number of carbonyl (C=O) groups excluding carboxylic acids is 2. The molecular formula is C22H26FN3O5S. The monoisotopic (exact) mass is 463 g/mol. The van der Waals surface area contributed by atoms with E-state index in [1.807, 2.05) is 31.2 Å². The quantitative estimate of drug-likeness (QED) is 0.634. The molecule has 1 aliphatic rings. The third-order valence-electron chi connectivity index (χ3n) is 5.11. The van der Waals surface area contributed by atoms with Crippen LogP contribution in [0.15, 0.2) is 47.4 Å². The maximum atomic E-state index is 13.6. The maximum absolute atomic E-state index is 13.6. The lowest BCUT2D eigenvalue weighted by Gasteiger charge is -2.34. The van der Waals surface area contributed by atoms with Crippen molar-refractivity contribution in [3.63, 3.8) is 0 Å². The lowest BCUT2D eigenvalue weighted by Crippen LogP contribution is -2.53. The highest BCUT2D eigenvalue weighted by Gasteiger charge is 2.35. The zero-order valence-corrected chi connectivity index (χ0v) is 18.7. The SMILES string of the molecule is Cc1ccc(CNC(=O)C(=O)NCC2OCCCN2S(=O)(=O)c2ccc(F)c(C)c2)cc1. The molecule has 0 saturated carbocycles. The van der Waals surface area contributed by atoms with Gasteiger partial charge in [0.25, 0.3) is 0 Å². The Balaban J connectivity index is 1.60. The molecule has 10 heteroatoms. The average molecular weight is 464 g/mol. The molecule has 0 aromatic heterocycles. The highest BCUT2D eigenvalue weighted by molar-refractivity contribution is 7.89. The Morgan fingerprint density at radius 2 is 1.78 bits per heavy atom. The van der Waals surface area contributed by atoms with E-state index >= 15 is 0 Å². The summed E-state index contributed by atoms with van der Waals surface area (Å²) >= 11 is 0. The fourth-order valence-corrected chi connectivity index (χ4v) is 4.90. The van der Waals surface area contributed by atoms with Crippen LogP contribution < -0.4 is 10.6 Å². The second kappa shape index (κ2) is 10.2. The summed E-state index contributed by atoms with van der Waals surface area (Å²) < 4.78 is 46.3. The molecule has 32 heavy (non-hydrogen) atoms. The van der Waals surface area contributed by atoms with Crippen LogP contribution in [0.2, 0.25) is 0 Å². The number of rotatable bonds is 6. The number of ether oxygens (including phenoxy) is 1. The molecule has 0 radical (unpaired) electrons. The summed E-state index contributed by atoms with van der Waals surface area (Å²) in [6.45, 7) is 3.92. The molecule has 1 unspecified atom stereocenters. The fourth-order valence-electron chi connectivity index (χ4n) is 3.24. The van der Waals surface area contributed by atoms with E-state index in [-0.39, 0.29) is 30.1 Å². The van der Waals surface area contributed by atoms with E-state index in [2.05, 4.69) is 10.6 Å². The number of nitrogens with one attached hydrogen (secondary N) is 2. The Kier molecular flexibility index (Phi) is 7.60. The van der Waals surface area contributed by atoms with Crippen molar-refractivity contribution >= 4 is 21.8 Å². The first-order valence-electron chi connectivity index (χ1n) is 10.2. The van der Waals surface area contributed by atoms with Gasteiger partial charge in [-0.25, -0.2) is 12.8 Å². The topological polar surface area (TPSA) is 105 Å². The van der Waals surface area contributed by atoms with E-state index in [0.717, 1.165) is 21.5 Å². The molecule has 172 valence electrons. The Bertz CT molecular complexity index is 1090. The zero-order valence-electron chi connectivity index (χ0n) is 17.9. The average Bonchev–Trinajstić information content (AvgIpc) is 2.78. The van der Waals surface area contributed by atoms with Crippen LogP contribution in [0.3, 0.4) is 0 Å². The minimum atomic E-state index is -3.98. The Morgan fingerprint density at radius 3 is 2.47 bits per heavy atom. The van der Waals surface area contributed by atoms with Crippen molar-refractivity contribution in [3.8, 4) is 0 Å². The van der Waals surface area contributed by atoms with Gasteiger partial charge in [-0.05, 0) is 49.6 Å². The molecule has 1 aliphatic heterocycles. The number of sulfonamides is 1. The van der Waals surface area contributed by atoms with Gasteiger partial charge in [0.2, 0.25) is 10.0 Å². The molecule has 2 aromatic carbocycles. The molecule has 1 fully saturated rings. The van der Waals surface area contributed by atoms with Crippen molar-refractivity contribution in [3.05, 3.63) is 65.0 Å². The van der Waals surface area contributed by atoms with Gasteiger partial charge >= 0.3 is 11.8 Å². The smallest absolute Gasteiger partial charge is 0.309 e. The van der Waals surface area contributed by atoms with Gasteiger partial charge in [0.15, 0.2) is 0 Å². The second-order valence-corrected chi connectivity index (χ2v) is 9.47. The molecule has 1 heterocycles. The molecule has 0 spiro atoms. The lowest BCUT2D eigenvalue weighted by molar-refractivity contribution is -0.140. The van der Waals surface area contributed by atoms with Crippen LogP contribution >= 0.6 is 0 Å². The van der Waals surface area contributed by atoms with Gasteiger partial charge < -0.3 is 15.4 Å². The largest absolute Gasteiger partial charge is 0.360 e. The van der Waals surface area contributed by atoms with Crippen LogP contribution in [0.4, 0.5) is 4.39 Å². The van der Waals surface area contributed by atoms with Crippen molar-refractivity contribution < 1.29 is 27.1 Å². The summed E-state index contributed by atoms with van der Waals surface area (Å²) in [6, 6.07) is 11.1. The van der Waals surface area contributed by atoms with Crippen molar-refractivity contribution in [1.82, 2.24) is 14.9 Å². The van der Waals surface area contributed by atoms with Gasteiger partial charge in [0.05, 0.1) is 18.0 Å². The van der Waals surface area contributed by atoms with E-state index in [1.54, 1.807) is 0 Å². The van der Waals surface area contributed by atoms with Gasteiger partial charge in [-0.3, -0.25) is 9.59 Å². The number of nitrogens with zero attached hydrogens (tertiary/aromatic N) is 1. The van der Waals surface area contributed by atoms with Crippen molar-refractivity contribution in [2.24, 2.45) is 0 Å². The van der Waals surface area contributed by atoms with Crippen LogP contribution in [0.25, 0.3) is 0 Å². The Morgan fingerprint density at radius 1 is 1.09 bits per heavy atom. The molecule has 1 saturated heterocycles. The van der Waals surface area contributed by atoms with E-state index < -0.39 is 33.9 Å². The summed E-state index contributed by atoms with van der Waals surface area (Å²) in [4.78, 5) is 24.2. The lowest BCUT2D eigenvalue weighted by atomic mass is 10.1. The molecule has 2 amide bonds. The van der Waals surface area contributed by atoms with Crippen LogP contribution in [-0.4, -0.2) is 50.5 Å². The van der Waals surface area contributed by atoms with Gasteiger partial charge in [-0.15, -0.1) is 0 Å². The minimum absolute atomic E-state index is 0.0610. The van der Waals surface area contributed by atoms with Crippen LogP contribution in [-0.2, 0) is 30.9 Å². The zero-order chi connectivity index (χ0) is 23.3. The summed E-state index contributed by atoms with van der Waals surface area (Å²) in [5.74, 6) is -2.22. The van der Waals surface area contributed by atoms with Crippen LogP contribution in [0.1, 0.15) is 23.1 Å². The molecule has 8 nitrogen and oxygen atoms in total. The van der Waals surface area contributed by atoms with Crippen LogP contribution in [0.5, 0.6) is 0 Å². The number of halogens is 1. The van der Waals surface area contributed by atoms with Gasteiger partial charge in [0, 0.05) is 13.1 Å². The number of hydrogen-bond donors (Lipinski definition) is 2. The van der Waals surface area contributed by atoms with E-state index in [9.17, 15) is 22.4 Å². The third kappa shape index (κ3) is 5.70. The van der Waals surface area contributed by atoms with E-state index in [0.29, 0.717) is 13.0 Å². The normalized spacial score (nSPS) is 17.0. The number of carbonyl (C=O) groups is 2. The summed E-state index contributed by atoms with van der Waals surface area (Å²) in [5, 5.41) is 4.96. The third-order valence-corrected chi connectivity index (χ3v) is 6.99. The summed E-state index contributed by atoms with van der Waals surface area (Å²) in [6.07, 6.45) is -0.506. The van der Waals surface area contributed by atoms with Gasteiger partial charge in [0.1, 0.15) is 12.0 Å². The molecule has 2 aromatic rings. The van der Waals surface area contributed by atoms with E-state index in [1.165, 1.54) is 19.1 Å². The van der Waals surface area contributed by atoms with E-state index in [4.69, 9.17) is 4.74 Å². The first-order valence-corrected chi connectivity index (χ1v) is 11.6. The number of aryl methyl sites for hydroxylation is 2. The van der Waals surface area contributed by atoms with Crippen molar-refractivity contribution in [2.75, 3.05) is 19.7 Å². The van der Waals surface area contributed by atoms with Gasteiger partial charge in [-0.1, -0.05) is 29.8 Å². The maximum Gasteiger partial charge on any atom is 0.309 e. The first kappa shape index (κ1) is 23.8. The van der Waals surface area contributed by atoms with Crippen LogP contribution in [0, 0.1) is 19.7 Å². The molecule has 3 rings (SSSR count). The molecule has 1 atom stereocenters. The van der Waals surface area contributed by atoms with Crippen molar-refractivity contribution in [1.29, 1.82) is 0 Å². The highest BCUT2D eigenvalue weighted by Crippen LogP contribution is 2.23. The molecule has 0 bridgehead atoms. The predicted octanol–water partition coefficient (Wildman–Crippen LogP) is 1.61.